The molecular formula is C18H23NO2. The molecule has 0 spiro atoms. The Morgan fingerprint density at radius 3 is 2.62 bits per heavy atom. The topological polar surface area (TPSA) is 32.7 Å². The molecule has 1 saturated heterocycles. The smallest absolute Gasteiger partial charge is 0.0701 e. The van der Waals surface area contributed by atoms with E-state index in [1.54, 1.807) is 0 Å². The molecule has 3 rings (SSSR count). The summed E-state index contributed by atoms with van der Waals surface area (Å²) in [5, 5.41) is 11.5. The Morgan fingerprint density at radius 1 is 1.05 bits per heavy atom. The van der Waals surface area contributed by atoms with Crippen LogP contribution < -0.4 is 0 Å². The summed E-state index contributed by atoms with van der Waals surface area (Å²) in [5.41, 5.74) is 1.41. The highest BCUT2D eigenvalue weighted by molar-refractivity contribution is 5.85. The molecule has 3 heteroatoms. The molecule has 1 aliphatic rings. The quantitative estimate of drug-likeness (QED) is 0.917. The fourth-order valence-electron chi connectivity index (χ4n) is 3.12. The molecule has 0 unspecified atom stereocenters. The zero-order valence-corrected chi connectivity index (χ0v) is 12.4. The largest absolute Gasteiger partial charge is 0.394 e. The second-order valence-electron chi connectivity index (χ2n) is 5.71. The van der Waals surface area contributed by atoms with Gasteiger partial charge in [0.2, 0.25) is 0 Å². The Morgan fingerprint density at radius 2 is 1.81 bits per heavy atom. The first-order chi connectivity index (χ1) is 10.4. The highest BCUT2D eigenvalue weighted by Crippen LogP contribution is 2.22. The Bertz CT molecular complexity index is 571. The van der Waals surface area contributed by atoms with E-state index in [0.29, 0.717) is 12.7 Å². The number of benzene rings is 2. The Hall–Kier alpha value is -1.42. The van der Waals surface area contributed by atoms with Crippen LogP contribution in [0, 0.1) is 0 Å². The van der Waals surface area contributed by atoms with Crippen LogP contribution in [-0.4, -0.2) is 42.4 Å². The van der Waals surface area contributed by atoms with E-state index in [9.17, 15) is 0 Å². The van der Waals surface area contributed by atoms with E-state index >= 15 is 0 Å². The fraction of sp³-hybridized carbons (Fsp3) is 0.444. The van der Waals surface area contributed by atoms with Gasteiger partial charge in [0.05, 0.1) is 19.3 Å². The Kier molecular flexibility index (Phi) is 4.86. The van der Waals surface area contributed by atoms with Gasteiger partial charge in [0, 0.05) is 19.6 Å². The van der Waals surface area contributed by atoms with Gasteiger partial charge in [-0.25, -0.2) is 0 Å². The SMILES string of the molecule is OCCOC1CCN(Cc2cccc3ccccc23)CC1. The van der Waals surface area contributed by atoms with Crippen molar-refractivity contribution in [2.24, 2.45) is 0 Å². The van der Waals surface area contributed by atoms with Crippen LogP contribution in [0.15, 0.2) is 42.5 Å². The van der Waals surface area contributed by atoms with E-state index < -0.39 is 0 Å². The number of piperidine rings is 1. The van der Waals surface area contributed by atoms with Crippen LogP contribution in [0.25, 0.3) is 10.8 Å². The summed E-state index contributed by atoms with van der Waals surface area (Å²) in [7, 11) is 0. The van der Waals surface area contributed by atoms with Crippen molar-refractivity contribution in [1.29, 1.82) is 0 Å². The maximum atomic E-state index is 8.81. The lowest BCUT2D eigenvalue weighted by Crippen LogP contribution is -2.36. The van der Waals surface area contributed by atoms with Gasteiger partial charge in [-0.1, -0.05) is 42.5 Å². The molecular weight excluding hydrogens is 262 g/mol. The van der Waals surface area contributed by atoms with Crippen molar-refractivity contribution in [1.82, 2.24) is 4.90 Å². The lowest BCUT2D eigenvalue weighted by molar-refractivity contribution is -0.00895. The highest BCUT2D eigenvalue weighted by atomic mass is 16.5. The number of nitrogens with zero attached hydrogens (tertiary/aromatic N) is 1. The first kappa shape index (κ1) is 14.5. The van der Waals surface area contributed by atoms with Gasteiger partial charge >= 0.3 is 0 Å². The summed E-state index contributed by atoms with van der Waals surface area (Å²) < 4.78 is 5.62. The van der Waals surface area contributed by atoms with E-state index in [1.807, 2.05) is 0 Å². The number of hydrogen-bond donors (Lipinski definition) is 1. The van der Waals surface area contributed by atoms with E-state index in [-0.39, 0.29) is 6.61 Å². The van der Waals surface area contributed by atoms with Gasteiger partial charge in [-0.15, -0.1) is 0 Å². The number of aliphatic hydroxyl groups excluding tert-OH is 1. The van der Waals surface area contributed by atoms with Crippen molar-refractivity contribution in [2.75, 3.05) is 26.3 Å². The Labute approximate surface area is 126 Å². The van der Waals surface area contributed by atoms with E-state index in [1.165, 1.54) is 16.3 Å². The van der Waals surface area contributed by atoms with Crippen molar-refractivity contribution in [3.05, 3.63) is 48.0 Å². The van der Waals surface area contributed by atoms with Crippen LogP contribution in [0.5, 0.6) is 0 Å². The normalized spacial score (nSPS) is 17.4. The van der Waals surface area contributed by atoms with Gasteiger partial charge in [-0.05, 0) is 29.2 Å². The molecule has 0 bridgehead atoms. The van der Waals surface area contributed by atoms with Crippen LogP contribution in [0.1, 0.15) is 18.4 Å². The predicted molar refractivity (Wildman–Crippen MR) is 85.3 cm³/mol. The molecule has 1 fully saturated rings. The summed E-state index contributed by atoms with van der Waals surface area (Å²) >= 11 is 0. The number of ether oxygens (including phenoxy) is 1. The van der Waals surface area contributed by atoms with Crippen molar-refractivity contribution in [2.45, 2.75) is 25.5 Å². The standard InChI is InChI=1S/C18H23NO2/c20-12-13-21-17-8-10-19(11-9-17)14-16-6-3-5-15-4-1-2-7-18(15)16/h1-7,17,20H,8-14H2. The van der Waals surface area contributed by atoms with Crippen LogP contribution in [-0.2, 0) is 11.3 Å². The summed E-state index contributed by atoms with van der Waals surface area (Å²) in [6, 6.07) is 15.1. The Balaban J connectivity index is 1.62. The number of rotatable bonds is 5. The van der Waals surface area contributed by atoms with E-state index in [2.05, 4.69) is 47.4 Å². The molecule has 2 aromatic carbocycles. The van der Waals surface area contributed by atoms with Crippen LogP contribution in [0.4, 0.5) is 0 Å². The molecule has 0 atom stereocenters. The third kappa shape index (κ3) is 3.62. The number of aliphatic hydroxyl groups is 1. The monoisotopic (exact) mass is 285 g/mol. The van der Waals surface area contributed by atoms with Gasteiger partial charge in [0.25, 0.3) is 0 Å². The van der Waals surface area contributed by atoms with Gasteiger partial charge < -0.3 is 9.84 Å². The second-order valence-corrected chi connectivity index (χ2v) is 5.71. The van der Waals surface area contributed by atoms with Crippen LogP contribution >= 0.6 is 0 Å². The lowest BCUT2D eigenvalue weighted by atomic mass is 10.0. The maximum Gasteiger partial charge on any atom is 0.0701 e. The molecule has 1 N–H and O–H groups in total. The number of hydrogen-bond acceptors (Lipinski definition) is 3. The van der Waals surface area contributed by atoms with Gasteiger partial charge in [-0.3, -0.25) is 4.90 Å². The van der Waals surface area contributed by atoms with Crippen LogP contribution in [0.2, 0.25) is 0 Å². The zero-order valence-electron chi connectivity index (χ0n) is 12.4. The number of fused-ring (bicyclic) bond motifs is 1. The summed E-state index contributed by atoms with van der Waals surface area (Å²) in [4.78, 5) is 2.50. The minimum atomic E-state index is 0.121. The molecule has 112 valence electrons. The van der Waals surface area contributed by atoms with Gasteiger partial charge in [-0.2, -0.15) is 0 Å². The molecule has 3 nitrogen and oxygen atoms in total. The lowest BCUT2D eigenvalue weighted by Gasteiger charge is -2.32. The van der Waals surface area contributed by atoms with Crippen molar-refractivity contribution < 1.29 is 9.84 Å². The summed E-state index contributed by atoms with van der Waals surface area (Å²) in [5.74, 6) is 0. The predicted octanol–water partition coefficient (Wildman–Crippen LogP) is 2.81. The molecule has 1 aliphatic heterocycles. The first-order valence-corrected chi connectivity index (χ1v) is 7.78. The van der Waals surface area contributed by atoms with Crippen molar-refractivity contribution >= 4 is 10.8 Å². The van der Waals surface area contributed by atoms with Gasteiger partial charge in [0.1, 0.15) is 0 Å². The summed E-state index contributed by atoms with van der Waals surface area (Å²) in [6.07, 6.45) is 2.44. The maximum absolute atomic E-state index is 8.81. The fourth-order valence-corrected chi connectivity index (χ4v) is 3.12. The molecule has 1 heterocycles. The minimum Gasteiger partial charge on any atom is -0.394 e. The van der Waals surface area contributed by atoms with E-state index in [4.69, 9.17) is 9.84 Å². The summed E-state index contributed by atoms with van der Waals surface area (Å²) in [6.45, 7) is 3.73. The van der Waals surface area contributed by atoms with E-state index in [0.717, 1.165) is 32.5 Å². The molecule has 0 saturated carbocycles. The average Bonchev–Trinajstić information content (AvgIpc) is 2.55. The van der Waals surface area contributed by atoms with Crippen LogP contribution in [0.3, 0.4) is 0 Å². The number of likely N-dealkylation sites (tertiary alicyclic amines) is 1. The average molecular weight is 285 g/mol. The third-order valence-electron chi connectivity index (χ3n) is 4.25. The molecule has 21 heavy (non-hydrogen) atoms. The third-order valence-corrected chi connectivity index (χ3v) is 4.25. The highest BCUT2D eigenvalue weighted by Gasteiger charge is 2.19. The van der Waals surface area contributed by atoms with Crippen molar-refractivity contribution in [3.8, 4) is 0 Å². The molecule has 0 aromatic heterocycles. The first-order valence-electron chi connectivity index (χ1n) is 7.78. The zero-order chi connectivity index (χ0) is 14.5. The molecule has 0 amide bonds. The molecule has 2 aromatic rings. The molecule has 0 aliphatic carbocycles. The van der Waals surface area contributed by atoms with Crippen molar-refractivity contribution in [3.63, 3.8) is 0 Å². The molecule has 0 radical (unpaired) electrons. The second kappa shape index (κ2) is 7.03. The van der Waals surface area contributed by atoms with Gasteiger partial charge in [0.15, 0.2) is 0 Å². The minimum absolute atomic E-state index is 0.121.